The van der Waals surface area contributed by atoms with Crippen molar-refractivity contribution in [3.05, 3.63) is 42.0 Å². The van der Waals surface area contributed by atoms with Crippen LogP contribution in [-0.4, -0.2) is 19.6 Å². The number of rotatable bonds is 19. The molecule has 40 heavy (non-hydrogen) atoms. The maximum atomic E-state index is 13.0. The average Bonchev–Trinajstić information content (AvgIpc) is 2.84. The maximum absolute atomic E-state index is 13.0. The summed E-state index contributed by atoms with van der Waals surface area (Å²) in [6, 6.07) is 5.54. The van der Waals surface area contributed by atoms with Crippen molar-refractivity contribution in [2.24, 2.45) is 28.1 Å². The molecule has 1 aromatic carbocycles. The van der Waals surface area contributed by atoms with Gasteiger partial charge in [0.15, 0.2) is 11.5 Å². The van der Waals surface area contributed by atoms with Crippen LogP contribution in [0.15, 0.2) is 36.4 Å². The highest BCUT2D eigenvalue weighted by Crippen LogP contribution is 2.56. The zero-order valence-electron chi connectivity index (χ0n) is 27.7. The molecule has 0 aliphatic carbocycles. The molecule has 0 heterocycles. The standard InChI is InChI=1S/C36H60F2O2/c1-27(2)33(6,7)26-35(10,34(8,9)28(3)4)29(5)19-16-14-13-15-17-24-40-31-22-21-30(25-32(31)39-12)20-18-23-36(11,37)38/h18,20-22,25,27-28H,5,13-17,19,23-24,26H2,1-4,6-12H3/b20-18+. The summed E-state index contributed by atoms with van der Waals surface area (Å²) in [5.74, 6) is -0.183. The maximum Gasteiger partial charge on any atom is 0.248 e. The van der Waals surface area contributed by atoms with Gasteiger partial charge >= 0.3 is 0 Å². The second-order valence-electron chi connectivity index (χ2n) is 14.1. The Morgan fingerprint density at radius 1 is 0.875 bits per heavy atom. The molecule has 0 saturated heterocycles. The molecule has 1 aromatic rings. The summed E-state index contributed by atoms with van der Waals surface area (Å²) in [7, 11) is 1.60. The first-order valence-electron chi connectivity index (χ1n) is 15.4. The number of halogens is 2. The third-order valence-corrected chi connectivity index (χ3v) is 9.87. The smallest absolute Gasteiger partial charge is 0.248 e. The zero-order chi connectivity index (χ0) is 30.8. The van der Waals surface area contributed by atoms with Gasteiger partial charge in [-0.3, -0.25) is 0 Å². The lowest BCUT2D eigenvalue weighted by Gasteiger charge is -2.53. The van der Waals surface area contributed by atoms with Crippen molar-refractivity contribution in [2.75, 3.05) is 13.7 Å². The molecule has 0 aromatic heterocycles. The van der Waals surface area contributed by atoms with Gasteiger partial charge in [-0.1, -0.05) is 112 Å². The van der Waals surface area contributed by atoms with E-state index in [-0.39, 0.29) is 22.7 Å². The molecule has 0 radical (unpaired) electrons. The largest absolute Gasteiger partial charge is 0.493 e. The second-order valence-corrected chi connectivity index (χ2v) is 14.1. The van der Waals surface area contributed by atoms with Gasteiger partial charge < -0.3 is 9.47 Å². The summed E-state index contributed by atoms with van der Waals surface area (Å²) < 4.78 is 37.5. The molecular weight excluding hydrogens is 502 g/mol. The normalized spacial score (nSPS) is 14.7. The molecule has 0 N–H and O–H groups in total. The second kappa shape index (κ2) is 15.4. The summed E-state index contributed by atoms with van der Waals surface area (Å²) in [6.07, 6.45) is 10.8. The Labute approximate surface area is 246 Å². The van der Waals surface area contributed by atoms with Crippen LogP contribution < -0.4 is 9.47 Å². The van der Waals surface area contributed by atoms with Crippen LogP contribution in [0.4, 0.5) is 8.78 Å². The third-order valence-electron chi connectivity index (χ3n) is 9.87. The van der Waals surface area contributed by atoms with Crippen molar-refractivity contribution in [3.8, 4) is 11.5 Å². The molecule has 0 saturated carbocycles. The van der Waals surface area contributed by atoms with E-state index in [9.17, 15) is 8.78 Å². The van der Waals surface area contributed by atoms with E-state index in [2.05, 4.69) is 68.9 Å². The van der Waals surface area contributed by atoms with Crippen LogP contribution in [0.1, 0.15) is 126 Å². The molecule has 230 valence electrons. The first kappa shape index (κ1) is 36.2. The van der Waals surface area contributed by atoms with Crippen LogP contribution in [0.3, 0.4) is 0 Å². The van der Waals surface area contributed by atoms with Crippen LogP contribution in [0.2, 0.25) is 0 Å². The van der Waals surface area contributed by atoms with Gasteiger partial charge in [0.25, 0.3) is 0 Å². The number of hydrogen-bond acceptors (Lipinski definition) is 2. The lowest BCUT2D eigenvalue weighted by Crippen LogP contribution is -2.44. The minimum Gasteiger partial charge on any atom is -0.493 e. The fourth-order valence-electron chi connectivity index (χ4n) is 5.30. The Balaban J connectivity index is 2.55. The van der Waals surface area contributed by atoms with Gasteiger partial charge in [0.05, 0.1) is 13.7 Å². The molecular formula is C36H60F2O2. The van der Waals surface area contributed by atoms with Crippen LogP contribution in [0, 0.1) is 28.1 Å². The van der Waals surface area contributed by atoms with Crippen LogP contribution >= 0.6 is 0 Å². The monoisotopic (exact) mass is 562 g/mol. The van der Waals surface area contributed by atoms with E-state index < -0.39 is 5.92 Å². The summed E-state index contributed by atoms with van der Waals surface area (Å²) in [4.78, 5) is 0. The van der Waals surface area contributed by atoms with E-state index in [4.69, 9.17) is 9.47 Å². The molecule has 0 fully saturated rings. The first-order chi connectivity index (χ1) is 18.4. The van der Waals surface area contributed by atoms with Crippen molar-refractivity contribution < 1.29 is 18.3 Å². The number of alkyl halides is 2. The highest BCUT2D eigenvalue weighted by molar-refractivity contribution is 5.55. The summed E-state index contributed by atoms with van der Waals surface area (Å²) in [5.41, 5.74) is 2.76. The van der Waals surface area contributed by atoms with Gasteiger partial charge in [-0.25, -0.2) is 8.78 Å². The summed E-state index contributed by atoms with van der Waals surface area (Å²) in [5, 5.41) is 0. The molecule has 0 aliphatic heterocycles. The van der Waals surface area contributed by atoms with Crippen LogP contribution in [0.25, 0.3) is 6.08 Å². The Morgan fingerprint density at radius 3 is 2.02 bits per heavy atom. The van der Waals surface area contributed by atoms with E-state index in [1.165, 1.54) is 30.9 Å². The topological polar surface area (TPSA) is 18.5 Å². The number of hydrogen-bond donors (Lipinski definition) is 0. The highest BCUT2D eigenvalue weighted by atomic mass is 19.3. The Morgan fingerprint density at radius 2 is 1.48 bits per heavy atom. The third kappa shape index (κ3) is 10.9. The highest BCUT2D eigenvalue weighted by Gasteiger charge is 2.47. The molecule has 0 spiro atoms. The van der Waals surface area contributed by atoms with Crippen LogP contribution in [-0.2, 0) is 0 Å². The van der Waals surface area contributed by atoms with Gasteiger partial charge in [0.2, 0.25) is 5.92 Å². The fraction of sp³-hybridized carbons (Fsp3) is 0.722. The predicted molar refractivity (Wildman–Crippen MR) is 170 cm³/mol. The molecule has 1 rings (SSSR count). The summed E-state index contributed by atoms with van der Waals surface area (Å²) >= 11 is 0. The van der Waals surface area contributed by atoms with Crippen molar-refractivity contribution in [1.82, 2.24) is 0 Å². The Hall–Kier alpha value is -1.84. The lowest BCUT2D eigenvalue weighted by atomic mass is 9.52. The van der Waals surface area contributed by atoms with Crippen molar-refractivity contribution in [2.45, 2.75) is 127 Å². The van der Waals surface area contributed by atoms with E-state index >= 15 is 0 Å². The van der Waals surface area contributed by atoms with Crippen molar-refractivity contribution in [3.63, 3.8) is 0 Å². The minimum atomic E-state index is -2.70. The van der Waals surface area contributed by atoms with E-state index in [0.29, 0.717) is 29.9 Å². The van der Waals surface area contributed by atoms with Gasteiger partial charge in [-0.05, 0) is 78.4 Å². The number of benzene rings is 1. The number of unbranched alkanes of at least 4 members (excludes halogenated alkanes) is 4. The van der Waals surface area contributed by atoms with Gasteiger partial charge in [-0.2, -0.15) is 0 Å². The molecule has 2 nitrogen and oxygen atoms in total. The van der Waals surface area contributed by atoms with E-state index in [1.807, 2.05) is 18.2 Å². The van der Waals surface area contributed by atoms with Gasteiger partial charge in [-0.15, -0.1) is 0 Å². The minimum absolute atomic E-state index is 0.0915. The zero-order valence-corrected chi connectivity index (χ0v) is 27.7. The summed E-state index contributed by atoms with van der Waals surface area (Å²) in [6.45, 7) is 27.8. The molecule has 4 heteroatoms. The average molecular weight is 563 g/mol. The fourth-order valence-corrected chi connectivity index (χ4v) is 5.30. The first-order valence-corrected chi connectivity index (χ1v) is 15.4. The predicted octanol–water partition coefficient (Wildman–Crippen LogP) is 11.8. The number of allylic oxidation sites excluding steroid dienone is 2. The van der Waals surface area contributed by atoms with Crippen LogP contribution in [0.5, 0.6) is 11.5 Å². The number of methoxy groups -OCH3 is 1. The number of ether oxygens (including phenoxy) is 2. The van der Waals surface area contributed by atoms with E-state index in [1.54, 1.807) is 13.2 Å². The Bertz CT molecular complexity index is 937. The van der Waals surface area contributed by atoms with Gasteiger partial charge in [0, 0.05) is 6.42 Å². The molecule has 0 amide bonds. The van der Waals surface area contributed by atoms with E-state index in [0.717, 1.165) is 38.2 Å². The quantitative estimate of drug-likeness (QED) is 0.123. The molecule has 1 atom stereocenters. The Kier molecular flexibility index (Phi) is 13.9. The lowest BCUT2D eigenvalue weighted by molar-refractivity contribution is 0.0132. The molecule has 0 bridgehead atoms. The SMILES string of the molecule is C=C(CCCCCCCOc1ccc(/C=C/CC(C)(F)F)cc1OC)C(C)(CC(C)(C)C(C)C)C(C)(C)C(C)C. The van der Waals surface area contributed by atoms with Crippen molar-refractivity contribution >= 4 is 6.08 Å². The van der Waals surface area contributed by atoms with Gasteiger partial charge in [0.1, 0.15) is 0 Å². The molecule has 0 aliphatic rings. The molecule has 1 unspecified atom stereocenters. The van der Waals surface area contributed by atoms with Crippen molar-refractivity contribution in [1.29, 1.82) is 0 Å².